The highest BCUT2D eigenvalue weighted by Gasteiger charge is 2.38. The lowest BCUT2D eigenvalue weighted by atomic mass is 10.1. The van der Waals surface area contributed by atoms with E-state index in [1.165, 1.54) is 5.56 Å². The highest BCUT2D eigenvalue weighted by Crippen LogP contribution is 2.28. The van der Waals surface area contributed by atoms with Crippen LogP contribution in [0, 0.1) is 5.21 Å². The molecule has 3 heteroatoms. The van der Waals surface area contributed by atoms with E-state index in [0.717, 1.165) is 25.1 Å². The van der Waals surface area contributed by atoms with Crippen molar-refractivity contribution >= 4 is 0 Å². The third-order valence-electron chi connectivity index (χ3n) is 4.59. The standard InChI is InChI=1S/C19H24N2O/c1-2-19-14-20(13-17-9-5-3-6-10-17)16-21(19,22)15-18-11-7-4-8-12-18/h3-12,19H,2,13-16H2,1H3. The van der Waals surface area contributed by atoms with Gasteiger partial charge in [-0.1, -0.05) is 67.6 Å². The number of hydrogen-bond acceptors (Lipinski definition) is 2. The molecule has 116 valence electrons. The van der Waals surface area contributed by atoms with E-state index in [-0.39, 0.29) is 10.7 Å². The van der Waals surface area contributed by atoms with Crippen molar-refractivity contribution in [3.8, 4) is 0 Å². The molecule has 0 amide bonds. The molecule has 0 spiro atoms. The molecule has 2 aromatic rings. The smallest absolute Gasteiger partial charge is 0.135 e. The number of nitrogens with zero attached hydrogens (tertiary/aromatic N) is 2. The topological polar surface area (TPSA) is 26.3 Å². The van der Waals surface area contributed by atoms with Gasteiger partial charge in [-0.15, -0.1) is 0 Å². The summed E-state index contributed by atoms with van der Waals surface area (Å²) in [6.45, 7) is 5.05. The maximum absolute atomic E-state index is 13.3. The summed E-state index contributed by atoms with van der Waals surface area (Å²) in [6.07, 6.45) is 0.932. The Labute approximate surface area is 133 Å². The van der Waals surface area contributed by atoms with E-state index >= 15 is 0 Å². The van der Waals surface area contributed by atoms with Gasteiger partial charge in [-0.2, -0.15) is 0 Å². The van der Waals surface area contributed by atoms with Gasteiger partial charge >= 0.3 is 0 Å². The zero-order valence-electron chi connectivity index (χ0n) is 13.2. The molecule has 2 atom stereocenters. The van der Waals surface area contributed by atoms with E-state index in [9.17, 15) is 5.21 Å². The Morgan fingerprint density at radius 3 is 2.18 bits per heavy atom. The molecule has 3 nitrogen and oxygen atoms in total. The quantitative estimate of drug-likeness (QED) is 0.620. The minimum atomic E-state index is -0.118. The summed E-state index contributed by atoms with van der Waals surface area (Å²) in [5, 5.41) is 13.3. The molecule has 0 saturated carbocycles. The molecule has 1 heterocycles. The van der Waals surface area contributed by atoms with Crippen molar-refractivity contribution < 1.29 is 4.65 Å². The average molecular weight is 296 g/mol. The lowest BCUT2D eigenvalue weighted by Gasteiger charge is -2.43. The number of rotatable bonds is 5. The van der Waals surface area contributed by atoms with E-state index < -0.39 is 0 Å². The second kappa shape index (κ2) is 6.61. The molecular weight excluding hydrogens is 272 g/mol. The van der Waals surface area contributed by atoms with Crippen molar-refractivity contribution in [1.29, 1.82) is 0 Å². The second-order valence-corrected chi connectivity index (χ2v) is 6.30. The Hall–Kier alpha value is -1.68. The lowest BCUT2D eigenvalue weighted by Crippen LogP contribution is -2.46. The van der Waals surface area contributed by atoms with Gasteiger partial charge in [-0.3, -0.25) is 0 Å². The summed E-state index contributed by atoms with van der Waals surface area (Å²) in [6, 6.07) is 20.7. The van der Waals surface area contributed by atoms with E-state index in [1.54, 1.807) is 0 Å². The molecule has 0 bridgehead atoms. The molecule has 3 rings (SSSR count). The predicted molar refractivity (Wildman–Crippen MR) is 89.6 cm³/mol. The van der Waals surface area contributed by atoms with Crippen LogP contribution in [0.2, 0.25) is 0 Å². The molecule has 0 aromatic heterocycles. The number of hydroxylamine groups is 3. The van der Waals surface area contributed by atoms with Crippen LogP contribution in [0.1, 0.15) is 24.5 Å². The van der Waals surface area contributed by atoms with E-state index in [2.05, 4.69) is 48.2 Å². The van der Waals surface area contributed by atoms with Crippen LogP contribution in [0.4, 0.5) is 0 Å². The van der Waals surface area contributed by atoms with E-state index in [0.29, 0.717) is 13.2 Å². The Balaban J connectivity index is 1.71. The first kappa shape index (κ1) is 15.2. The first-order valence-corrected chi connectivity index (χ1v) is 8.07. The Bertz CT molecular complexity index is 587. The average Bonchev–Trinajstić information content (AvgIpc) is 2.84. The molecule has 1 saturated heterocycles. The van der Waals surface area contributed by atoms with E-state index in [1.807, 2.05) is 24.3 Å². The van der Waals surface area contributed by atoms with Gasteiger partial charge in [0.1, 0.15) is 19.3 Å². The second-order valence-electron chi connectivity index (χ2n) is 6.30. The van der Waals surface area contributed by atoms with Crippen LogP contribution in [0.25, 0.3) is 0 Å². The number of quaternary nitrogens is 1. The molecule has 1 fully saturated rings. The molecule has 0 aliphatic carbocycles. The SMILES string of the molecule is CCC1CN(Cc2ccccc2)C[N+]1([O-])Cc1ccccc1. The van der Waals surface area contributed by atoms with Crippen molar-refractivity contribution in [2.24, 2.45) is 0 Å². The molecule has 0 N–H and O–H groups in total. The van der Waals surface area contributed by atoms with Crippen LogP contribution in [-0.4, -0.2) is 28.8 Å². The molecule has 0 radical (unpaired) electrons. The van der Waals surface area contributed by atoms with Crippen LogP contribution in [0.5, 0.6) is 0 Å². The van der Waals surface area contributed by atoms with Crippen LogP contribution >= 0.6 is 0 Å². The maximum Gasteiger partial charge on any atom is 0.135 e. The summed E-state index contributed by atoms with van der Waals surface area (Å²) >= 11 is 0. The van der Waals surface area contributed by atoms with Crippen molar-refractivity contribution in [3.63, 3.8) is 0 Å². The van der Waals surface area contributed by atoms with Crippen LogP contribution < -0.4 is 0 Å². The van der Waals surface area contributed by atoms with Gasteiger partial charge in [0.25, 0.3) is 0 Å². The first-order valence-electron chi connectivity index (χ1n) is 8.07. The van der Waals surface area contributed by atoms with Crippen LogP contribution in [0.3, 0.4) is 0 Å². The Morgan fingerprint density at radius 2 is 1.59 bits per heavy atom. The van der Waals surface area contributed by atoms with Gasteiger partial charge in [0, 0.05) is 12.1 Å². The van der Waals surface area contributed by atoms with E-state index in [4.69, 9.17) is 0 Å². The minimum absolute atomic E-state index is 0.118. The highest BCUT2D eigenvalue weighted by molar-refractivity contribution is 5.15. The zero-order chi connectivity index (χ0) is 15.4. The van der Waals surface area contributed by atoms with Gasteiger partial charge in [0.2, 0.25) is 0 Å². The van der Waals surface area contributed by atoms with Crippen molar-refractivity contribution in [2.75, 3.05) is 13.2 Å². The first-order chi connectivity index (χ1) is 10.7. The minimum Gasteiger partial charge on any atom is -0.631 e. The van der Waals surface area contributed by atoms with Crippen molar-refractivity contribution in [2.45, 2.75) is 32.5 Å². The molecule has 22 heavy (non-hydrogen) atoms. The third-order valence-corrected chi connectivity index (χ3v) is 4.59. The van der Waals surface area contributed by atoms with Gasteiger partial charge in [0.15, 0.2) is 0 Å². The van der Waals surface area contributed by atoms with Gasteiger partial charge in [-0.05, 0) is 12.0 Å². The van der Waals surface area contributed by atoms with Gasteiger partial charge < -0.3 is 9.85 Å². The van der Waals surface area contributed by atoms with Crippen molar-refractivity contribution in [3.05, 3.63) is 77.0 Å². The summed E-state index contributed by atoms with van der Waals surface area (Å²) in [5.41, 5.74) is 2.42. The summed E-state index contributed by atoms with van der Waals surface area (Å²) < 4.78 is -0.118. The highest BCUT2D eigenvalue weighted by atomic mass is 16.6. The summed E-state index contributed by atoms with van der Waals surface area (Å²) in [4.78, 5) is 2.31. The van der Waals surface area contributed by atoms with Crippen molar-refractivity contribution in [1.82, 2.24) is 4.90 Å². The maximum atomic E-state index is 13.3. The fourth-order valence-electron chi connectivity index (χ4n) is 3.45. The van der Waals surface area contributed by atoms with Crippen LogP contribution in [0.15, 0.2) is 60.7 Å². The largest absolute Gasteiger partial charge is 0.631 e. The Kier molecular flexibility index (Phi) is 4.57. The molecule has 1 aliphatic heterocycles. The van der Waals surface area contributed by atoms with Gasteiger partial charge in [0.05, 0.1) is 6.54 Å². The number of hydrogen-bond donors (Lipinski definition) is 0. The lowest BCUT2D eigenvalue weighted by molar-refractivity contribution is -0.909. The monoisotopic (exact) mass is 296 g/mol. The predicted octanol–water partition coefficient (Wildman–Crippen LogP) is 3.75. The normalized spacial score (nSPS) is 25.5. The molecule has 2 aromatic carbocycles. The summed E-state index contributed by atoms with van der Waals surface area (Å²) in [5.74, 6) is 0. The summed E-state index contributed by atoms with van der Waals surface area (Å²) in [7, 11) is 0. The molecule has 2 unspecified atom stereocenters. The fraction of sp³-hybridized carbons (Fsp3) is 0.368. The Morgan fingerprint density at radius 1 is 1.00 bits per heavy atom. The van der Waals surface area contributed by atoms with Crippen LogP contribution in [-0.2, 0) is 13.1 Å². The fourth-order valence-corrected chi connectivity index (χ4v) is 3.45. The molecular formula is C19H24N2O. The molecule has 1 aliphatic rings. The third kappa shape index (κ3) is 3.38. The number of benzene rings is 2. The van der Waals surface area contributed by atoms with Gasteiger partial charge in [-0.25, -0.2) is 4.90 Å². The zero-order valence-corrected chi connectivity index (χ0v) is 13.2.